The summed E-state index contributed by atoms with van der Waals surface area (Å²) < 4.78 is 72.1. The average Bonchev–Trinajstić information content (AvgIpc) is 3.27. The molecule has 0 saturated carbocycles. The molecule has 2 aliphatic rings. The van der Waals surface area contributed by atoms with Crippen molar-refractivity contribution in [2.75, 3.05) is 34.5 Å². The number of hydrogen-bond acceptors (Lipinski definition) is 17. The van der Waals surface area contributed by atoms with Crippen LogP contribution in [0.4, 0.5) is 0 Å². The first-order chi connectivity index (χ1) is 31.2. The molecule has 65 heavy (non-hydrogen) atoms. The van der Waals surface area contributed by atoms with Crippen molar-refractivity contribution in [2.45, 2.75) is 116 Å². The summed E-state index contributed by atoms with van der Waals surface area (Å²) in [5.41, 5.74) is 2.31. The number of carbonyl (C=O) groups is 5. The van der Waals surface area contributed by atoms with Crippen LogP contribution in [0, 0.1) is 0 Å². The van der Waals surface area contributed by atoms with E-state index in [0.717, 1.165) is 30.5 Å². The Morgan fingerprint density at radius 1 is 0.492 bits per heavy atom. The van der Waals surface area contributed by atoms with Crippen LogP contribution in [0.2, 0.25) is 0 Å². The molecule has 2 fully saturated rings. The third kappa shape index (κ3) is 14.9. The fraction of sp³-hybridized carbons (Fsp3) is 0.500. The van der Waals surface area contributed by atoms with Gasteiger partial charge in [0.15, 0.2) is 24.8 Å². The fourth-order valence-corrected chi connectivity index (χ4v) is 7.32. The molecule has 2 aliphatic heterocycles. The predicted octanol–water partition coefficient (Wildman–Crippen LogP) is 3.30. The third-order valence-corrected chi connectivity index (χ3v) is 10.3. The lowest BCUT2D eigenvalue weighted by molar-refractivity contribution is -0.340. The zero-order valence-electron chi connectivity index (χ0n) is 37.7. The maximum absolute atomic E-state index is 13.1. The highest BCUT2D eigenvalue weighted by Crippen LogP contribution is 2.35. The Hall–Kier alpha value is -5.83. The van der Waals surface area contributed by atoms with Gasteiger partial charge in [-0.2, -0.15) is 0 Å². The molecule has 0 radical (unpaired) electrons. The first-order valence-corrected chi connectivity index (χ1v) is 20.9. The second-order valence-electron chi connectivity index (χ2n) is 15.2. The molecule has 0 unspecified atom stereocenters. The lowest BCUT2D eigenvalue weighted by Gasteiger charge is -2.50. The Bertz CT molecular complexity index is 2020. The van der Waals surface area contributed by atoms with E-state index in [1.54, 1.807) is 57.7 Å². The number of benzene rings is 3. The predicted molar refractivity (Wildman–Crippen MR) is 227 cm³/mol. The van der Waals surface area contributed by atoms with Crippen molar-refractivity contribution >= 4 is 29.7 Å². The number of esters is 3. The summed E-state index contributed by atoms with van der Waals surface area (Å²) in [5, 5.41) is 5.67. The molecule has 3 aromatic rings. The minimum atomic E-state index is -1.55. The molecule has 2 heterocycles. The van der Waals surface area contributed by atoms with Gasteiger partial charge in [0.25, 0.3) is 0 Å². The van der Waals surface area contributed by atoms with E-state index in [2.05, 4.69) is 10.6 Å². The van der Waals surface area contributed by atoms with Gasteiger partial charge in [-0.3, -0.25) is 24.0 Å². The smallest absolute Gasteiger partial charge is 0.303 e. The average molecular weight is 911 g/mol. The van der Waals surface area contributed by atoms with E-state index in [9.17, 15) is 24.0 Å². The second kappa shape index (κ2) is 24.5. The van der Waals surface area contributed by atoms with Crippen molar-refractivity contribution in [1.29, 1.82) is 0 Å². The highest BCUT2D eigenvalue weighted by atomic mass is 16.7. The number of ether oxygens (including phenoxy) is 12. The van der Waals surface area contributed by atoms with Crippen LogP contribution >= 0.6 is 0 Å². The van der Waals surface area contributed by atoms with Crippen molar-refractivity contribution in [2.24, 2.45) is 0 Å². The van der Waals surface area contributed by atoms with Crippen LogP contribution in [0.1, 0.15) is 51.3 Å². The molecule has 10 atom stereocenters. The van der Waals surface area contributed by atoms with Crippen molar-refractivity contribution < 1.29 is 80.8 Å². The quantitative estimate of drug-likeness (QED) is 0.116. The standard InChI is InChI=1S/C46H58N2O17/c1-26(49)47-39-43(59-22-32-11-17-35(55-7)18-12-32)41(65-46-40(48-27(2)50)44(62-30(5)53)42(61-29(4)52)38(64-46)25-58-28(3)51)37(24-57-21-31-9-15-34(54-6)16-10-31)63-45(39)60-23-33-13-19-36(56-8)20-14-33/h9-20,37-46H,21-25H2,1-8H3,(H,47,49)(H,48,50)/t37-,38-,39-,40-,41-,42-,43-,44-,45-,46+/m1/s1. The zero-order chi connectivity index (χ0) is 47.0. The van der Waals surface area contributed by atoms with Crippen molar-refractivity contribution in [3.05, 3.63) is 89.5 Å². The number of hydrogen-bond donors (Lipinski definition) is 2. The van der Waals surface area contributed by atoms with E-state index in [1.807, 2.05) is 36.4 Å². The monoisotopic (exact) mass is 910 g/mol. The molecule has 2 N–H and O–H groups in total. The maximum atomic E-state index is 13.1. The first-order valence-electron chi connectivity index (χ1n) is 20.9. The zero-order valence-corrected chi connectivity index (χ0v) is 37.7. The molecule has 0 spiro atoms. The Kier molecular flexibility index (Phi) is 18.9. The fourth-order valence-electron chi connectivity index (χ4n) is 7.32. The topological polar surface area (TPSA) is 220 Å². The molecule has 2 saturated heterocycles. The van der Waals surface area contributed by atoms with E-state index in [1.165, 1.54) is 20.8 Å². The normalized spacial score (nSPS) is 25.0. The van der Waals surface area contributed by atoms with Crippen LogP contribution in [0.25, 0.3) is 0 Å². The summed E-state index contributed by atoms with van der Waals surface area (Å²) in [4.78, 5) is 63.2. The van der Waals surface area contributed by atoms with Gasteiger partial charge < -0.3 is 67.5 Å². The lowest BCUT2D eigenvalue weighted by Crippen LogP contribution is -2.70. The van der Waals surface area contributed by atoms with Crippen LogP contribution in [-0.2, 0) is 86.4 Å². The van der Waals surface area contributed by atoms with E-state index < -0.39 is 97.6 Å². The van der Waals surface area contributed by atoms with E-state index in [0.29, 0.717) is 17.2 Å². The van der Waals surface area contributed by atoms with Gasteiger partial charge in [0.1, 0.15) is 60.4 Å². The molecule has 0 bridgehead atoms. The van der Waals surface area contributed by atoms with Gasteiger partial charge in [-0.1, -0.05) is 36.4 Å². The van der Waals surface area contributed by atoms with Gasteiger partial charge in [-0.15, -0.1) is 0 Å². The van der Waals surface area contributed by atoms with Gasteiger partial charge >= 0.3 is 17.9 Å². The lowest BCUT2D eigenvalue weighted by atomic mass is 9.93. The molecule has 19 nitrogen and oxygen atoms in total. The minimum Gasteiger partial charge on any atom is -0.497 e. The molecule has 354 valence electrons. The highest BCUT2D eigenvalue weighted by molar-refractivity contribution is 5.74. The van der Waals surface area contributed by atoms with Crippen molar-refractivity contribution in [3.63, 3.8) is 0 Å². The molecule has 19 heteroatoms. The molecular formula is C46H58N2O17. The maximum Gasteiger partial charge on any atom is 0.303 e. The van der Waals surface area contributed by atoms with Crippen LogP contribution in [0.5, 0.6) is 17.2 Å². The summed E-state index contributed by atoms with van der Waals surface area (Å²) in [6.45, 7) is 5.54. The minimum absolute atomic E-state index is 0.0183. The number of rotatable bonds is 21. The summed E-state index contributed by atoms with van der Waals surface area (Å²) >= 11 is 0. The Morgan fingerprint density at radius 3 is 1.38 bits per heavy atom. The van der Waals surface area contributed by atoms with Crippen LogP contribution in [0.15, 0.2) is 72.8 Å². The summed E-state index contributed by atoms with van der Waals surface area (Å²) in [6, 6.07) is 19.2. The Morgan fingerprint density at radius 2 is 0.923 bits per heavy atom. The first kappa shape index (κ1) is 50.2. The molecule has 5 rings (SSSR count). The van der Waals surface area contributed by atoms with Gasteiger partial charge in [0, 0.05) is 34.6 Å². The largest absolute Gasteiger partial charge is 0.497 e. The Labute approximate surface area is 377 Å². The summed E-state index contributed by atoms with van der Waals surface area (Å²) in [7, 11) is 4.68. The van der Waals surface area contributed by atoms with Gasteiger partial charge in [0.05, 0.1) is 47.8 Å². The number of carbonyl (C=O) groups excluding carboxylic acids is 5. The van der Waals surface area contributed by atoms with Gasteiger partial charge in [0.2, 0.25) is 11.8 Å². The van der Waals surface area contributed by atoms with E-state index in [4.69, 9.17) is 56.8 Å². The van der Waals surface area contributed by atoms with Gasteiger partial charge in [-0.25, -0.2) is 0 Å². The number of methoxy groups -OCH3 is 3. The SMILES string of the molecule is COc1ccc(COC[C@H]2O[C@@H](OCc3ccc(OC)cc3)[C@H](NC(C)=O)[C@@H](OCc3ccc(OC)cc3)[C@@H]2O[C@@H]2O[C@H](COC(C)=O)[C@@H](OC(C)=O)[C@H](OC(C)=O)[C@H]2NC(C)=O)cc1. The molecule has 0 aliphatic carbocycles. The van der Waals surface area contributed by atoms with Crippen molar-refractivity contribution in [1.82, 2.24) is 10.6 Å². The summed E-state index contributed by atoms with van der Waals surface area (Å²) in [5.74, 6) is -1.35. The molecular weight excluding hydrogens is 853 g/mol. The van der Waals surface area contributed by atoms with Crippen LogP contribution in [-0.4, -0.2) is 126 Å². The number of nitrogens with one attached hydrogen (secondary N) is 2. The Balaban J connectivity index is 1.60. The molecule has 0 aromatic heterocycles. The van der Waals surface area contributed by atoms with E-state index in [-0.39, 0.29) is 26.4 Å². The third-order valence-electron chi connectivity index (χ3n) is 10.3. The number of amides is 2. The van der Waals surface area contributed by atoms with E-state index >= 15 is 0 Å². The van der Waals surface area contributed by atoms with Crippen molar-refractivity contribution in [3.8, 4) is 17.2 Å². The molecule has 2 amide bonds. The molecule has 3 aromatic carbocycles. The van der Waals surface area contributed by atoms with Gasteiger partial charge in [-0.05, 0) is 53.1 Å². The van der Waals surface area contributed by atoms with Crippen LogP contribution in [0.3, 0.4) is 0 Å². The summed E-state index contributed by atoms with van der Waals surface area (Å²) in [6.07, 6.45) is -10.3. The van der Waals surface area contributed by atoms with Crippen LogP contribution < -0.4 is 24.8 Å². The highest BCUT2D eigenvalue weighted by Gasteiger charge is 2.55. The second-order valence-corrected chi connectivity index (χ2v) is 15.2.